The third kappa shape index (κ3) is 2.95. The van der Waals surface area contributed by atoms with E-state index in [1.54, 1.807) is 6.26 Å². The van der Waals surface area contributed by atoms with Gasteiger partial charge in [-0.2, -0.15) is 0 Å². The first-order valence-corrected chi connectivity index (χ1v) is 8.79. The van der Waals surface area contributed by atoms with Gasteiger partial charge in [0.05, 0.1) is 18.4 Å². The quantitative estimate of drug-likeness (QED) is 0.798. The van der Waals surface area contributed by atoms with E-state index in [0.717, 1.165) is 53.0 Å². The number of carbonyl (C=O) groups is 1. The van der Waals surface area contributed by atoms with Crippen LogP contribution in [0.5, 0.6) is 0 Å². The highest BCUT2D eigenvalue weighted by molar-refractivity contribution is 5.89. The summed E-state index contributed by atoms with van der Waals surface area (Å²) < 4.78 is 7.86. The third-order valence-electron chi connectivity index (χ3n) is 5.17. The highest BCUT2D eigenvalue weighted by Crippen LogP contribution is 2.26. The topological polar surface area (TPSA) is 60.1 Å². The van der Waals surface area contributed by atoms with Gasteiger partial charge in [0.15, 0.2) is 0 Å². The van der Waals surface area contributed by atoms with E-state index in [9.17, 15) is 4.79 Å². The molecule has 0 fully saturated rings. The van der Waals surface area contributed by atoms with Crippen molar-refractivity contribution in [3.05, 3.63) is 52.8 Å². The highest BCUT2D eigenvalue weighted by atomic mass is 16.3. The Morgan fingerprint density at radius 3 is 3.04 bits per heavy atom. The van der Waals surface area contributed by atoms with Gasteiger partial charge in [0.2, 0.25) is 5.91 Å². The van der Waals surface area contributed by atoms with Gasteiger partial charge in [-0.05, 0) is 38.3 Å². The molecule has 1 aliphatic rings. The Hall–Kier alpha value is -2.56. The largest absolute Gasteiger partial charge is 0.464 e. The van der Waals surface area contributed by atoms with Crippen LogP contribution < -0.4 is 5.32 Å². The molecule has 1 atom stereocenters. The Morgan fingerprint density at radius 1 is 1.36 bits per heavy atom. The standard InChI is InChI=1S/C20H23N3O2/c1-12-4-6-17-15(11-25-20(17)14(12)3)8-19(24)22-16-5-7-18-21-13(2)9-23(18)10-16/h4,6,9,11,16H,5,7-8,10H2,1-3H3,(H,22,24)/t16-/m1/s1. The lowest BCUT2D eigenvalue weighted by atomic mass is 10.0. The van der Waals surface area contributed by atoms with E-state index >= 15 is 0 Å². The molecular formula is C20H23N3O2. The zero-order chi connectivity index (χ0) is 17.6. The molecule has 1 aromatic carbocycles. The average Bonchev–Trinajstić information content (AvgIpc) is 3.13. The second-order valence-electron chi connectivity index (χ2n) is 7.08. The van der Waals surface area contributed by atoms with Gasteiger partial charge in [-0.3, -0.25) is 4.79 Å². The Morgan fingerprint density at radius 2 is 2.20 bits per heavy atom. The molecule has 0 unspecified atom stereocenters. The van der Waals surface area contributed by atoms with Crippen LogP contribution in [-0.4, -0.2) is 21.5 Å². The van der Waals surface area contributed by atoms with E-state index in [2.05, 4.69) is 41.0 Å². The van der Waals surface area contributed by atoms with Crippen molar-refractivity contribution in [2.45, 2.75) is 52.6 Å². The molecule has 5 nitrogen and oxygen atoms in total. The minimum atomic E-state index is 0.0474. The average molecular weight is 337 g/mol. The Balaban J connectivity index is 1.45. The monoisotopic (exact) mass is 337 g/mol. The normalized spacial score (nSPS) is 16.8. The molecular weight excluding hydrogens is 314 g/mol. The molecule has 2 aromatic heterocycles. The van der Waals surface area contributed by atoms with Crippen LogP contribution in [0.1, 0.15) is 34.6 Å². The van der Waals surface area contributed by atoms with E-state index < -0.39 is 0 Å². The van der Waals surface area contributed by atoms with Crippen molar-refractivity contribution in [2.75, 3.05) is 0 Å². The van der Waals surface area contributed by atoms with Crippen LogP contribution in [0, 0.1) is 20.8 Å². The summed E-state index contributed by atoms with van der Waals surface area (Å²) in [7, 11) is 0. The van der Waals surface area contributed by atoms with Crippen molar-refractivity contribution < 1.29 is 9.21 Å². The van der Waals surface area contributed by atoms with E-state index in [0.29, 0.717) is 6.42 Å². The molecule has 1 amide bonds. The third-order valence-corrected chi connectivity index (χ3v) is 5.17. The number of nitrogens with zero attached hydrogens (tertiary/aromatic N) is 2. The number of amides is 1. The number of aromatic nitrogens is 2. The minimum absolute atomic E-state index is 0.0474. The van der Waals surface area contributed by atoms with Crippen LogP contribution in [0.15, 0.2) is 29.0 Å². The number of fused-ring (bicyclic) bond motifs is 2. The molecule has 4 rings (SSSR count). The summed E-state index contributed by atoms with van der Waals surface area (Å²) in [5.74, 6) is 1.17. The molecule has 0 spiro atoms. The summed E-state index contributed by atoms with van der Waals surface area (Å²) in [4.78, 5) is 17.0. The molecule has 0 saturated heterocycles. The summed E-state index contributed by atoms with van der Waals surface area (Å²) in [6.45, 7) is 6.93. The lowest BCUT2D eigenvalue weighted by molar-refractivity contribution is -0.121. The summed E-state index contributed by atoms with van der Waals surface area (Å²) in [5.41, 5.74) is 5.22. The highest BCUT2D eigenvalue weighted by Gasteiger charge is 2.22. The molecule has 25 heavy (non-hydrogen) atoms. The maximum Gasteiger partial charge on any atom is 0.224 e. The van der Waals surface area contributed by atoms with Gasteiger partial charge < -0.3 is 14.3 Å². The first-order valence-electron chi connectivity index (χ1n) is 8.79. The number of aryl methyl sites for hydroxylation is 4. The maximum atomic E-state index is 12.5. The lowest BCUT2D eigenvalue weighted by Gasteiger charge is -2.24. The number of rotatable bonds is 3. The molecule has 0 aliphatic carbocycles. The predicted molar refractivity (Wildman–Crippen MR) is 96.6 cm³/mol. The van der Waals surface area contributed by atoms with Crippen LogP contribution >= 0.6 is 0 Å². The number of carbonyl (C=O) groups excluding carboxylic acids is 1. The SMILES string of the molecule is Cc1cn2c(n1)CC[C@@H](NC(=O)Cc1coc3c(C)c(C)ccc13)C2. The molecule has 0 saturated carbocycles. The fraction of sp³-hybridized carbons (Fsp3) is 0.400. The van der Waals surface area contributed by atoms with Crippen LogP contribution in [0.4, 0.5) is 0 Å². The second kappa shape index (κ2) is 6.06. The van der Waals surface area contributed by atoms with Crippen molar-refractivity contribution in [2.24, 2.45) is 0 Å². The maximum absolute atomic E-state index is 12.5. The van der Waals surface area contributed by atoms with Crippen molar-refractivity contribution in [1.29, 1.82) is 0 Å². The van der Waals surface area contributed by atoms with E-state index in [-0.39, 0.29) is 11.9 Å². The van der Waals surface area contributed by atoms with Gasteiger partial charge in [0, 0.05) is 36.2 Å². The summed E-state index contributed by atoms with van der Waals surface area (Å²) >= 11 is 0. The van der Waals surface area contributed by atoms with E-state index in [1.165, 1.54) is 5.56 Å². The van der Waals surface area contributed by atoms with Crippen molar-refractivity contribution in [1.82, 2.24) is 14.9 Å². The zero-order valence-electron chi connectivity index (χ0n) is 14.9. The smallest absolute Gasteiger partial charge is 0.224 e. The number of hydrogen-bond donors (Lipinski definition) is 1. The summed E-state index contributed by atoms with van der Waals surface area (Å²) in [6.07, 6.45) is 5.97. The molecule has 5 heteroatoms. The molecule has 130 valence electrons. The van der Waals surface area contributed by atoms with Gasteiger partial charge >= 0.3 is 0 Å². The van der Waals surface area contributed by atoms with Crippen molar-refractivity contribution >= 4 is 16.9 Å². The number of furan rings is 1. The van der Waals surface area contributed by atoms with Gasteiger partial charge in [0.1, 0.15) is 11.4 Å². The van der Waals surface area contributed by atoms with Gasteiger partial charge in [0.25, 0.3) is 0 Å². The zero-order valence-corrected chi connectivity index (χ0v) is 14.9. The van der Waals surface area contributed by atoms with Gasteiger partial charge in [-0.15, -0.1) is 0 Å². The van der Waals surface area contributed by atoms with Gasteiger partial charge in [-0.25, -0.2) is 4.98 Å². The molecule has 3 heterocycles. The lowest BCUT2D eigenvalue weighted by Crippen LogP contribution is -2.41. The molecule has 0 radical (unpaired) electrons. The Labute approximate surface area is 147 Å². The Bertz CT molecular complexity index is 951. The number of hydrogen-bond acceptors (Lipinski definition) is 3. The summed E-state index contributed by atoms with van der Waals surface area (Å²) in [6, 6.07) is 4.29. The van der Waals surface area contributed by atoms with Crippen molar-refractivity contribution in [3.8, 4) is 0 Å². The van der Waals surface area contributed by atoms with E-state index in [4.69, 9.17) is 4.42 Å². The molecule has 1 N–H and O–H groups in total. The number of benzene rings is 1. The molecule has 3 aromatic rings. The Kier molecular flexibility index (Phi) is 3.86. The second-order valence-corrected chi connectivity index (χ2v) is 7.08. The fourth-order valence-corrected chi connectivity index (χ4v) is 3.68. The van der Waals surface area contributed by atoms with Crippen molar-refractivity contribution in [3.63, 3.8) is 0 Å². The van der Waals surface area contributed by atoms with Crippen LogP contribution in [-0.2, 0) is 24.2 Å². The number of nitrogens with one attached hydrogen (secondary N) is 1. The molecule has 0 bridgehead atoms. The minimum Gasteiger partial charge on any atom is -0.464 e. The van der Waals surface area contributed by atoms with Crippen LogP contribution in [0.2, 0.25) is 0 Å². The fourth-order valence-electron chi connectivity index (χ4n) is 3.68. The van der Waals surface area contributed by atoms with Crippen LogP contribution in [0.3, 0.4) is 0 Å². The molecule has 1 aliphatic heterocycles. The van der Waals surface area contributed by atoms with Gasteiger partial charge in [-0.1, -0.05) is 12.1 Å². The first kappa shape index (κ1) is 15.9. The van der Waals surface area contributed by atoms with Crippen LogP contribution in [0.25, 0.3) is 11.0 Å². The predicted octanol–water partition coefficient (Wildman–Crippen LogP) is 3.23. The first-order chi connectivity index (χ1) is 12.0. The number of imidazole rings is 1. The summed E-state index contributed by atoms with van der Waals surface area (Å²) in [5, 5.41) is 4.21. The van der Waals surface area contributed by atoms with E-state index in [1.807, 2.05) is 13.0 Å².